The minimum atomic E-state index is -0.724. The second-order valence-electron chi connectivity index (χ2n) is 2.91. The van der Waals surface area contributed by atoms with Crippen LogP contribution in [-0.2, 0) is 16.0 Å². The first kappa shape index (κ1) is 10.6. The number of methoxy groups -OCH3 is 1. The topological polar surface area (TPSA) is 26.3 Å². The van der Waals surface area contributed by atoms with Crippen molar-refractivity contribution in [3.8, 4) is 0 Å². The van der Waals surface area contributed by atoms with Crippen molar-refractivity contribution in [1.82, 2.24) is 0 Å². The lowest BCUT2D eigenvalue weighted by molar-refractivity contribution is -0.139. The molecule has 4 heteroatoms. The number of aryl methyl sites for hydroxylation is 1. The van der Waals surface area contributed by atoms with Crippen molar-refractivity contribution in [2.45, 2.75) is 13.3 Å². The number of hydrogen-bond acceptors (Lipinski definition) is 2. The second kappa shape index (κ2) is 4.17. The molecule has 0 aliphatic carbocycles. The molecule has 14 heavy (non-hydrogen) atoms. The van der Waals surface area contributed by atoms with E-state index in [4.69, 9.17) is 0 Å². The van der Waals surface area contributed by atoms with E-state index in [9.17, 15) is 13.6 Å². The van der Waals surface area contributed by atoms with Crippen molar-refractivity contribution < 1.29 is 18.3 Å². The Bertz CT molecular complexity index is 361. The summed E-state index contributed by atoms with van der Waals surface area (Å²) in [5.41, 5.74) is 0.0714. The van der Waals surface area contributed by atoms with Crippen molar-refractivity contribution in [2.24, 2.45) is 0 Å². The number of benzene rings is 1. The summed E-state index contributed by atoms with van der Waals surface area (Å²) >= 11 is 0. The summed E-state index contributed by atoms with van der Waals surface area (Å²) in [4.78, 5) is 10.8. The number of rotatable bonds is 2. The van der Waals surface area contributed by atoms with E-state index in [-0.39, 0.29) is 12.0 Å². The fourth-order valence-corrected chi connectivity index (χ4v) is 1.09. The van der Waals surface area contributed by atoms with Gasteiger partial charge < -0.3 is 4.74 Å². The van der Waals surface area contributed by atoms with Gasteiger partial charge in [-0.15, -0.1) is 0 Å². The van der Waals surface area contributed by atoms with Gasteiger partial charge in [0.2, 0.25) is 0 Å². The first-order valence-corrected chi connectivity index (χ1v) is 4.06. The fourth-order valence-electron chi connectivity index (χ4n) is 1.09. The van der Waals surface area contributed by atoms with E-state index in [2.05, 4.69) is 4.74 Å². The smallest absolute Gasteiger partial charge is 0.310 e. The summed E-state index contributed by atoms with van der Waals surface area (Å²) in [5.74, 6) is -2.07. The highest BCUT2D eigenvalue weighted by Crippen LogP contribution is 2.16. The van der Waals surface area contributed by atoms with Crippen LogP contribution in [0.15, 0.2) is 12.1 Å². The van der Waals surface area contributed by atoms with Gasteiger partial charge >= 0.3 is 5.97 Å². The number of carbonyl (C=O) groups is 1. The first-order chi connectivity index (χ1) is 6.56. The maximum Gasteiger partial charge on any atom is 0.310 e. The van der Waals surface area contributed by atoms with Crippen molar-refractivity contribution in [2.75, 3.05) is 7.11 Å². The quantitative estimate of drug-likeness (QED) is 0.682. The van der Waals surface area contributed by atoms with E-state index in [0.29, 0.717) is 5.56 Å². The Labute approximate surface area is 80.5 Å². The molecule has 0 fully saturated rings. The van der Waals surface area contributed by atoms with Crippen LogP contribution in [0.2, 0.25) is 0 Å². The van der Waals surface area contributed by atoms with E-state index in [1.807, 2.05) is 0 Å². The van der Waals surface area contributed by atoms with Gasteiger partial charge in [0.15, 0.2) is 0 Å². The molecule has 0 spiro atoms. The number of esters is 1. The molecular weight excluding hydrogens is 190 g/mol. The highest BCUT2D eigenvalue weighted by atomic mass is 19.1. The van der Waals surface area contributed by atoms with E-state index in [1.165, 1.54) is 20.1 Å². The second-order valence-corrected chi connectivity index (χ2v) is 2.91. The van der Waals surface area contributed by atoms with Gasteiger partial charge in [-0.1, -0.05) is 6.07 Å². The Morgan fingerprint density at radius 3 is 2.64 bits per heavy atom. The summed E-state index contributed by atoms with van der Waals surface area (Å²) in [6, 6.07) is 2.46. The van der Waals surface area contributed by atoms with Crippen LogP contribution in [0.5, 0.6) is 0 Å². The van der Waals surface area contributed by atoms with Gasteiger partial charge in [0.25, 0.3) is 0 Å². The first-order valence-electron chi connectivity index (χ1n) is 4.06. The maximum atomic E-state index is 13.3. The van der Waals surface area contributed by atoms with Crippen molar-refractivity contribution >= 4 is 5.97 Å². The van der Waals surface area contributed by atoms with Crippen LogP contribution in [0.4, 0.5) is 8.78 Å². The van der Waals surface area contributed by atoms with Crippen LogP contribution in [0, 0.1) is 18.6 Å². The van der Waals surface area contributed by atoms with Gasteiger partial charge in [-0.25, -0.2) is 8.78 Å². The molecule has 1 aromatic rings. The van der Waals surface area contributed by atoms with Crippen LogP contribution >= 0.6 is 0 Å². The van der Waals surface area contributed by atoms with Gasteiger partial charge in [-0.2, -0.15) is 0 Å². The average molecular weight is 200 g/mol. The van der Waals surface area contributed by atoms with Gasteiger partial charge in [0.1, 0.15) is 11.6 Å². The van der Waals surface area contributed by atoms with Gasteiger partial charge in [0, 0.05) is 5.56 Å². The Balaban J connectivity index is 3.06. The maximum absolute atomic E-state index is 13.3. The molecule has 0 unspecified atom stereocenters. The van der Waals surface area contributed by atoms with Crippen LogP contribution in [0.3, 0.4) is 0 Å². The molecule has 0 radical (unpaired) electrons. The molecule has 0 aromatic heterocycles. The molecule has 2 nitrogen and oxygen atoms in total. The van der Waals surface area contributed by atoms with Gasteiger partial charge in [-0.05, 0) is 18.6 Å². The number of carbonyl (C=O) groups excluding carboxylic acids is 1. The molecule has 1 aromatic carbocycles. The molecule has 1 rings (SSSR count). The minimum Gasteiger partial charge on any atom is -0.469 e. The Morgan fingerprint density at radius 1 is 1.43 bits per heavy atom. The predicted molar refractivity (Wildman–Crippen MR) is 46.8 cm³/mol. The molecule has 0 saturated heterocycles. The Hall–Kier alpha value is -1.45. The molecule has 0 aliphatic rings. The third-order valence-corrected chi connectivity index (χ3v) is 1.93. The zero-order valence-electron chi connectivity index (χ0n) is 7.93. The molecule has 0 N–H and O–H groups in total. The number of ether oxygens (including phenoxy) is 1. The Morgan fingerprint density at radius 2 is 2.07 bits per heavy atom. The van der Waals surface area contributed by atoms with Crippen molar-refractivity contribution in [1.29, 1.82) is 0 Å². The number of hydrogen-bond donors (Lipinski definition) is 0. The molecule has 0 amide bonds. The molecule has 0 heterocycles. The Kier molecular flexibility index (Phi) is 3.17. The third kappa shape index (κ3) is 2.07. The molecular formula is C10H10F2O2. The summed E-state index contributed by atoms with van der Waals surface area (Å²) in [6.45, 7) is 1.51. The molecule has 0 saturated carbocycles. The highest BCUT2D eigenvalue weighted by Gasteiger charge is 2.14. The van der Waals surface area contributed by atoms with Crippen LogP contribution < -0.4 is 0 Å². The summed E-state index contributed by atoms with van der Waals surface area (Å²) in [6.07, 6.45) is -0.379. The van der Waals surface area contributed by atoms with E-state index in [0.717, 1.165) is 6.07 Å². The fraction of sp³-hybridized carbons (Fsp3) is 0.300. The largest absolute Gasteiger partial charge is 0.469 e. The monoisotopic (exact) mass is 200 g/mol. The number of halogens is 2. The van der Waals surface area contributed by atoms with E-state index < -0.39 is 17.6 Å². The van der Waals surface area contributed by atoms with E-state index >= 15 is 0 Å². The average Bonchev–Trinajstić information content (AvgIpc) is 2.18. The third-order valence-electron chi connectivity index (χ3n) is 1.93. The zero-order valence-corrected chi connectivity index (χ0v) is 7.93. The molecule has 0 bridgehead atoms. The predicted octanol–water partition coefficient (Wildman–Crippen LogP) is 1.99. The molecule has 76 valence electrons. The summed E-state index contributed by atoms with van der Waals surface area (Å²) < 4.78 is 30.7. The summed E-state index contributed by atoms with van der Waals surface area (Å²) in [7, 11) is 1.17. The lowest BCUT2D eigenvalue weighted by atomic mass is 10.1. The van der Waals surface area contributed by atoms with Crippen molar-refractivity contribution in [3.63, 3.8) is 0 Å². The SMILES string of the molecule is COC(=O)Cc1c(F)ccc(C)c1F. The van der Waals surface area contributed by atoms with Crippen molar-refractivity contribution in [3.05, 3.63) is 34.9 Å². The lowest BCUT2D eigenvalue weighted by Crippen LogP contribution is -2.09. The summed E-state index contributed by atoms with van der Waals surface area (Å²) in [5, 5.41) is 0. The molecule has 0 atom stereocenters. The molecule has 0 aliphatic heterocycles. The van der Waals surface area contributed by atoms with Gasteiger partial charge in [-0.3, -0.25) is 4.79 Å². The van der Waals surface area contributed by atoms with Crippen LogP contribution in [0.1, 0.15) is 11.1 Å². The highest BCUT2D eigenvalue weighted by molar-refractivity contribution is 5.72. The van der Waals surface area contributed by atoms with E-state index in [1.54, 1.807) is 0 Å². The van der Waals surface area contributed by atoms with Crippen LogP contribution in [0.25, 0.3) is 0 Å². The lowest BCUT2D eigenvalue weighted by Gasteiger charge is -2.05. The normalized spacial score (nSPS) is 10.0. The van der Waals surface area contributed by atoms with Crippen LogP contribution in [-0.4, -0.2) is 13.1 Å². The minimum absolute atomic E-state index is 0.239. The zero-order chi connectivity index (χ0) is 10.7. The van der Waals surface area contributed by atoms with Gasteiger partial charge in [0.05, 0.1) is 13.5 Å². The standard InChI is InChI=1S/C10H10F2O2/c1-6-3-4-8(11)7(10(6)12)5-9(13)14-2/h3-4H,5H2,1-2H3.